The minimum absolute atomic E-state index is 0.137. The standard InChI is InChI=1S/C11H7F2NO/c12-8-2-1-3-9(13)11(8)10-6-7(15)4-5-14-10/h1-6H,(H,14,15). The summed E-state index contributed by atoms with van der Waals surface area (Å²) in [7, 11) is 0. The molecule has 0 fully saturated rings. The van der Waals surface area contributed by atoms with Gasteiger partial charge in [0.05, 0.1) is 11.3 Å². The molecule has 1 N–H and O–H groups in total. The molecule has 2 nitrogen and oxygen atoms in total. The first-order chi connectivity index (χ1) is 7.18. The molecule has 0 saturated heterocycles. The zero-order valence-corrected chi connectivity index (χ0v) is 7.63. The van der Waals surface area contributed by atoms with Crippen molar-refractivity contribution in [2.45, 2.75) is 0 Å². The van der Waals surface area contributed by atoms with Crippen molar-refractivity contribution < 1.29 is 8.78 Å². The van der Waals surface area contributed by atoms with Crippen molar-refractivity contribution in [3.8, 4) is 11.3 Å². The fourth-order valence-electron chi connectivity index (χ4n) is 1.35. The number of aromatic amines is 1. The third-order valence-corrected chi connectivity index (χ3v) is 2.01. The van der Waals surface area contributed by atoms with Gasteiger partial charge in [-0.2, -0.15) is 0 Å². The smallest absolute Gasteiger partial charge is 0.182 e. The van der Waals surface area contributed by atoms with Gasteiger partial charge in [0.15, 0.2) is 5.43 Å². The molecule has 15 heavy (non-hydrogen) atoms. The van der Waals surface area contributed by atoms with Crippen molar-refractivity contribution in [3.05, 3.63) is 58.4 Å². The summed E-state index contributed by atoms with van der Waals surface area (Å²) in [5.41, 5.74) is -0.375. The molecule has 1 aromatic carbocycles. The second-order valence-electron chi connectivity index (χ2n) is 3.03. The van der Waals surface area contributed by atoms with Gasteiger partial charge in [0.2, 0.25) is 0 Å². The largest absolute Gasteiger partial charge is 0.361 e. The van der Waals surface area contributed by atoms with E-state index in [4.69, 9.17) is 0 Å². The maximum Gasteiger partial charge on any atom is 0.182 e. The predicted molar refractivity (Wildman–Crippen MR) is 52.4 cm³/mol. The first kappa shape index (κ1) is 9.58. The molecule has 2 rings (SSSR count). The average Bonchev–Trinajstić information content (AvgIpc) is 2.17. The third kappa shape index (κ3) is 1.79. The number of aromatic nitrogens is 1. The molecular weight excluding hydrogens is 200 g/mol. The fraction of sp³-hybridized carbons (Fsp3) is 0. The fourth-order valence-corrected chi connectivity index (χ4v) is 1.35. The molecule has 4 heteroatoms. The maximum absolute atomic E-state index is 13.3. The van der Waals surface area contributed by atoms with E-state index in [0.29, 0.717) is 0 Å². The Morgan fingerprint density at radius 1 is 1.07 bits per heavy atom. The van der Waals surface area contributed by atoms with Crippen LogP contribution >= 0.6 is 0 Å². The average molecular weight is 207 g/mol. The number of halogens is 2. The maximum atomic E-state index is 13.3. The van der Waals surface area contributed by atoms with Gasteiger partial charge in [-0.15, -0.1) is 0 Å². The Labute approximate surface area is 84.2 Å². The summed E-state index contributed by atoms with van der Waals surface area (Å²) in [6, 6.07) is 5.99. The van der Waals surface area contributed by atoms with Crippen molar-refractivity contribution >= 4 is 0 Å². The highest BCUT2D eigenvalue weighted by atomic mass is 19.1. The zero-order chi connectivity index (χ0) is 10.8. The molecule has 0 amide bonds. The molecule has 0 aliphatic heterocycles. The third-order valence-electron chi connectivity index (χ3n) is 2.01. The highest BCUT2D eigenvalue weighted by molar-refractivity contribution is 5.60. The van der Waals surface area contributed by atoms with E-state index >= 15 is 0 Å². The van der Waals surface area contributed by atoms with Crippen LogP contribution in [0.15, 0.2) is 41.3 Å². The van der Waals surface area contributed by atoms with Gasteiger partial charge in [0, 0.05) is 18.3 Å². The summed E-state index contributed by atoms with van der Waals surface area (Å²) < 4.78 is 26.6. The van der Waals surface area contributed by atoms with E-state index in [0.717, 1.165) is 18.2 Å². The van der Waals surface area contributed by atoms with Crippen molar-refractivity contribution in [3.63, 3.8) is 0 Å². The lowest BCUT2D eigenvalue weighted by molar-refractivity contribution is 0.588. The number of hydrogen-bond donors (Lipinski definition) is 1. The molecule has 0 aliphatic rings. The van der Waals surface area contributed by atoms with E-state index in [1.807, 2.05) is 0 Å². The first-order valence-corrected chi connectivity index (χ1v) is 4.31. The van der Waals surface area contributed by atoms with Crippen LogP contribution in [0.1, 0.15) is 0 Å². The first-order valence-electron chi connectivity index (χ1n) is 4.31. The Kier molecular flexibility index (Phi) is 2.33. The molecular formula is C11H7F2NO. The van der Waals surface area contributed by atoms with Gasteiger partial charge in [-0.1, -0.05) is 6.07 Å². The lowest BCUT2D eigenvalue weighted by atomic mass is 10.1. The second-order valence-corrected chi connectivity index (χ2v) is 3.03. The van der Waals surface area contributed by atoms with Crippen LogP contribution in [0.5, 0.6) is 0 Å². The van der Waals surface area contributed by atoms with E-state index < -0.39 is 11.6 Å². The summed E-state index contributed by atoms with van der Waals surface area (Å²) in [6.45, 7) is 0. The lowest BCUT2D eigenvalue weighted by Crippen LogP contribution is -2.00. The molecule has 1 aromatic heterocycles. The van der Waals surface area contributed by atoms with E-state index in [-0.39, 0.29) is 16.7 Å². The Bertz CT molecular complexity index is 528. The second kappa shape index (κ2) is 3.65. The monoisotopic (exact) mass is 207 g/mol. The van der Waals surface area contributed by atoms with Gasteiger partial charge < -0.3 is 4.98 Å². The molecule has 0 aliphatic carbocycles. The molecule has 76 valence electrons. The summed E-state index contributed by atoms with van der Waals surface area (Å²) >= 11 is 0. The SMILES string of the molecule is O=c1cc[nH]c(-c2c(F)cccc2F)c1. The van der Waals surface area contributed by atoms with Crippen LogP contribution in [-0.4, -0.2) is 4.98 Å². The van der Waals surface area contributed by atoms with Crippen LogP contribution in [0.4, 0.5) is 8.78 Å². The number of hydrogen-bond acceptors (Lipinski definition) is 1. The summed E-state index contributed by atoms with van der Waals surface area (Å²) in [5.74, 6) is -1.39. The van der Waals surface area contributed by atoms with E-state index in [2.05, 4.69) is 4.98 Å². The normalized spacial score (nSPS) is 10.3. The van der Waals surface area contributed by atoms with Crippen LogP contribution in [-0.2, 0) is 0 Å². The molecule has 1 heterocycles. The van der Waals surface area contributed by atoms with Crippen LogP contribution in [0, 0.1) is 11.6 Å². The van der Waals surface area contributed by atoms with Gasteiger partial charge in [0.1, 0.15) is 11.6 Å². The molecule has 2 aromatic rings. The Hall–Kier alpha value is -1.97. The zero-order valence-electron chi connectivity index (χ0n) is 7.63. The minimum atomic E-state index is -0.697. The lowest BCUT2D eigenvalue weighted by Gasteiger charge is -2.03. The van der Waals surface area contributed by atoms with E-state index in [9.17, 15) is 13.6 Å². The number of pyridine rings is 1. The molecule has 0 radical (unpaired) electrons. The Morgan fingerprint density at radius 3 is 2.33 bits per heavy atom. The Morgan fingerprint density at radius 2 is 1.73 bits per heavy atom. The van der Waals surface area contributed by atoms with Gasteiger partial charge in [-0.05, 0) is 12.1 Å². The minimum Gasteiger partial charge on any atom is -0.361 e. The van der Waals surface area contributed by atoms with Crippen molar-refractivity contribution in [2.75, 3.05) is 0 Å². The Balaban J connectivity index is 2.69. The van der Waals surface area contributed by atoms with Crippen molar-refractivity contribution in [2.24, 2.45) is 0 Å². The quantitative estimate of drug-likeness (QED) is 0.764. The molecule has 0 unspecified atom stereocenters. The van der Waals surface area contributed by atoms with Gasteiger partial charge in [0.25, 0.3) is 0 Å². The number of H-pyrrole nitrogens is 1. The summed E-state index contributed by atoms with van der Waals surface area (Å²) in [4.78, 5) is 13.6. The van der Waals surface area contributed by atoms with Crippen molar-refractivity contribution in [1.82, 2.24) is 4.98 Å². The van der Waals surface area contributed by atoms with Crippen LogP contribution < -0.4 is 5.43 Å². The predicted octanol–water partition coefficient (Wildman–Crippen LogP) is 2.32. The molecule has 0 atom stereocenters. The number of nitrogens with one attached hydrogen (secondary N) is 1. The van der Waals surface area contributed by atoms with Crippen molar-refractivity contribution in [1.29, 1.82) is 0 Å². The molecule has 0 spiro atoms. The molecule has 0 bridgehead atoms. The number of rotatable bonds is 1. The molecule has 0 saturated carbocycles. The topological polar surface area (TPSA) is 32.9 Å². The highest BCUT2D eigenvalue weighted by Crippen LogP contribution is 2.22. The van der Waals surface area contributed by atoms with Crippen LogP contribution in [0.2, 0.25) is 0 Å². The van der Waals surface area contributed by atoms with Gasteiger partial charge >= 0.3 is 0 Å². The highest BCUT2D eigenvalue weighted by Gasteiger charge is 2.10. The van der Waals surface area contributed by atoms with Gasteiger partial charge in [-0.3, -0.25) is 4.79 Å². The summed E-state index contributed by atoms with van der Waals surface area (Å²) in [6.07, 6.45) is 1.35. The van der Waals surface area contributed by atoms with Crippen LogP contribution in [0.3, 0.4) is 0 Å². The summed E-state index contributed by atoms with van der Waals surface area (Å²) in [5, 5.41) is 0. The van der Waals surface area contributed by atoms with E-state index in [1.54, 1.807) is 0 Å². The number of benzene rings is 1. The van der Waals surface area contributed by atoms with E-state index in [1.165, 1.54) is 18.3 Å². The van der Waals surface area contributed by atoms with Gasteiger partial charge in [-0.25, -0.2) is 8.78 Å². The van der Waals surface area contributed by atoms with Crippen LogP contribution in [0.25, 0.3) is 11.3 Å².